The van der Waals surface area contributed by atoms with Gasteiger partial charge in [0.15, 0.2) is 0 Å². The maximum Gasteiger partial charge on any atom is 0.325 e. The second-order valence-corrected chi connectivity index (χ2v) is 8.74. The van der Waals surface area contributed by atoms with E-state index in [0.29, 0.717) is 31.6 Å². The third-order valence-electron chi connectivity index (χ3n) is 5.72. The number of carbonyl (C=O) groups is 3. The van der Waals surface area contributed by atoms with Crippen LogP contribution >= 0.6 is 15.9 Å². The van der Waals surface area contributed by atoms with Gasteiger partial charge in [-0.25, -0.2) is 9.48 Å². The number of urea groups is 1. The number of aromatic nitrogens is 2. The third-order valence-corrected chi connectivity index (χ3v) is 6.25. The monoisotopic (exact) mass is 473 g/mol. The fourth-order valence-corrected chi connectivity index (χ4v) is 4.39. The van der Waals surface area contributed by atoms with Crippen LogP contribution < -0.4 is 10.6 Å². The number of hydrogen-bond acceptors (Lipinski definition) is 4. The van der Waals surface area contributed by atoms with Gasteiger partial charge in [0.1, 0.15) is 11.4 Å². The summed E-state index contributed by atoms with van der Waals surface area (Å²) < 4.78 is 2.73. The van der Waals surface area contributed by atoms with Crippen LogP contribution in [0.2, 0.25) is 0 Å². The Morgan fingerprint density at radius 3 is 2.63 bits per heavy atom. The molecule has 1 saturated carbocycles. The van der Waals surface area contributed by atoms with E-state index in [0.717, 1.165) is 22.9 Å². The maximum atomic E-state index is 12.6. The van der Waals surface area contributed by atoms with E-state index in [1.54, 1.807) is 16.9 Å². The molecule has 0 radical (unpaired) electrons. The predicted molar refractivity (Wildman–Crippen MR) is 115 cm³/mol. The van der Waals surface area contributed by atoms with Crippen molar-refractivity contribution in [1.29, 1.82) is 0 Å². The first-order valence-corrected chi connectivity index (χ1v) is 11.0. The average molecular weight is 474 g/mol. The number of benzene rings is 1. The molecule has 30 heavy (non-hydrogen) atoms. The van der Waals surface area contributed by atoms with Crippen molar-refractivity contribution in [2.45, 2.75) is 50.6 Å². The van der Waals surface area contributed by atoms with E-state index in [1.165, 1.54) is 4.90 Å². The lowest BCUT2D eigenvalue weighted by atomic mass is 9.98. The summed E-state index contributed by atoms with van der Waals surface area (Å²) in [5.41, 5.74) is 0.371. The number of amides is 4. The van der Waals surface area contributed by atoms with Gasteiger partial charge in [-0.2, -0.15) is 5.10 Å². The van der Waals surface area contributed by atoms with Crippen molar-refractivity contribution >= 4 is 39.6 Å². The third kappa shape index (κ3) is 4.26. The van der Waals surface area contributed by atoms with Gasteiger partial charge in [0.25, 0.3) is 5.91 Å². The number of nitrogens with one attached hydrogen (secondary N) is 2. The number of anilines is 1. The van der Waals surface area contributed by atoms with Crippen LogP contribution in [0.25, 0.3) is 0 Å². The van der Waals surface area contributed by atoms with Gasteiger partial charge in [-0.05, 0) is 37.0 Å². The molecule has 8 nitrogen and oxygen atoms in total. The highest BCUT2D eigenvalue weighted by Crippen LogP contribution is 2.35. The van der Waals surface area contributed by atoms with Crippen molar-refractivity contribution in [3.8, 4) is 0 Å². The molecule has 1 spiro atoms. The standard InChI is InChI=1S/C21H24BrN5O3/c22-16-7-5-15(6-8-16)14-27-17(9-12-23-27)24-18(28)4-3-13-26-19(29)21(25-20(26)30)10-1-2-11-21/h5-9,12H,1-4,10-11,13-14H2,(H,24,28)(H,25,30). The van der Waals surface area contributed by atoms with Crippen LogP contribution in [0.4, 0.5) is 10.6 Å². The normalized spacial score (nSPS) is 17.6. The lowest BCUT2D eigenvalue weighted by molar-refractivity contribution is -0.131. The summed E-state index contributed by atoms with van der Waals surface area (Å²) in [5, 5.41) is 10.0. The molecular formula is C21H24BrN5O3. The SMILES string of the molecule is O=C(CCCN1C(=O)NC2(CCCC2)C1=O)Nc1ccnn1Cc1ccc(Br)cc1. The molecule has 1 aromatic heterocycles. The molecule has 0 unspecified atom stereocenters. The van der Waals surface area contributed by atoms with Gasteiger partial charge in [-0.3, -0.25) is 14.5 Å². The highest BCUT2D eigenvalue weighted by molar-refractivity contribution is 9.10. The molecule has 9 heteroatoms. The minimum Gasteiger partial charge on any atom is -0.323 e. The zero-order valence-electron chi connectivity index (χ0n) is 16.6. The number of carbonyl (C=O) groups excluding carboxylic acids is 3. The molecule has 2 aliphatic rings. The molecule has 1 aromatic carbocycles. The van der Waals surface area contributed by atoms with Crippen LogP contribution in [-0.2, 0) is 16.1 Å². The van der Waals surface area contributed by atoms with Crippen molar-refractivity contribution in [2.24, 2.45) is 0 Å². The summed E-state index contributed by atoms with van der Waals surface area (Å²) in [6.07, 6.45) is 5.60. The van der Waals surface area contributed by atoms with Crippen molar-refractivity contribution in [1.82, 2.24) is 20.0 Å². The quantitative estimate of drug-likeness (QED) is 0.603. The van der Waals surface area contributed by atoms with Gasteiger partial charge in [0.2, 0.25) is 5.91 Å². The van der Waals surface area contributed by atoms with E-state index < -0.39 is 5.54 Å². The van der Waals surface area contributed by atoms with E-state index >= 15 is 0 Å². The molecule has 4 rings (SSSR count). The Morgan fingerprint density at radius 2 is 1.90 bits per heavy atom. The summed E-state index contributed by atoms with van der Waals surface area (Å²) in [7, 11) is 0. The predicted octanol–water partition coefficient (Wildman–Crippen LogP) is 3.28. The molecule has 1 saturated heterocycles. The summed E-state index contributed by atoms with van der Waals surface area (Å²) in [6.45, 7) is 0.790. The van der Waals surface area contributed by atoms with E-state index in [9.17, 15) is 14.4 Å². The number of halogens is 1. The van der Waals surface area contributed by atoms with Crippen LogP contribution in [-0.4, -0.2) is 44.6 Å². The van der Waals surface area contributed by atoms with Crippen LogP contribution in [0.3, 0.4) is 0 Å². The Balaban J connectivity index is 1.28. The number of hydrogen-bond donors (Lipinski definition) is 2. The minimum atomic E-state index is -0.696. The first kappa shape index (κ1) is 20.6. The fraction of sp³-hybridized carbons (Fsp3) is 0.429. The molecule has 2 N–H and O–H groups in total. The number of nitrogens with zero attached hydrogens (tertiary/aromatic N) is 3. The van der Waals surface area contributed by atoms with Crippen LogP contribution in [0.1, 0.15) is 44.1 Å². The Morgan fingerprint density at radius 1 is 1.17 bits per heavy atom. The summed E-state index contributed by atoms with van der Waals surface area (Å²) >= 11 is 3.41. The van der Waals surface area contributed by atoms with E-state index in [4.69, 9.17) is 0 Å². The van der Waals surface area contributed by atoms with Crippen LogP contribution in [0.15, 0.2) is 41.0 Å². The minimum absolute atomic E-state index is 0.141. The van der Waals surface area contributed by atoms with Gasteiger partial charge in [-0.1, -0.05) is 40.9 Å². The highest BCUT2D eigenvalue weighted by atomic mass is 79.9. The van der Waals surface area contributed by atoms with E-state index in [-0.39, 0.29) is 30.8 Å². The first-order chi connectivity index (χ1) is 14.5. The lowest BCUT2D eigenvalue weighted by Gasteiger charge is -2.19. The molecule has 1 aliphatic heterocycles. The zero-order chi connectivity index (χ0) is 21.1. The molecule has 4 amide bonds. The summed E-state index contributed by atoms with van der Waals surface area (Å²) in [6, 6.07) is 9.32. The first-order valence-electron chi connectivity index (χ1n) is 10.2. The Labute approximate surface area is 183 Å². The molecule has 0 bridgehead atoms. The zero-order valence-corrected chi connectivity index (χ0v) is 18.2. The van der Waals surface area contributed by atoms with Gasteiger partial charge >= 0.3 is 6.03 Å². The highest BCUT2D eigenvalue weighted by Gasteiger charge is 2.52. The second-order valence-electron chi connectivity index (χ2n) is 7.83. The molecule has 2 fully saturated rings. The number of rotatable bonds is 7. The molecule has 1 aliphatic carbocycles. The van der Waals surface area contributed by atoms with Crippen molar-refractivity contribution in [2.75, 3.05) is 11.9 Å². The van der Waals surface area contributed by atoms with Gasteiger partial charge < -0.3 is 10.6 Å². The summed E-state index contributed by atoms with van der Waals surface area (Å²) in [4.78, 5) is 38.5. The van der Waals surface area contributed by atoms with Gasteiger partial charge in [0, 0.05) is 23.5 Å². The van der Waals surface area contributed by atoms with E-state index in [1.807, 2.05) is 24.3 Å². The van der Waals surface area contributed by atoms with E-state index in [2.05, 4.69) is 31.7 Å². The Bertz CT molecular complexity index is 950. The van der Waals surface area contributed by atoms with Crippen LogP contribution in [0, 0.1) is 0 Å². The second kappa shape index (κ2) is 8.59. The fourth-order valence-electron chi connectivity index (χ4n) is 4.13. The maximum absolute atomic E-state index is 12.6. The van der Waals surface area contributed by atoms with Gasteiger partial charge in [-0.15, -0.1) is 0 Å². The lowest BCUT2D eigenvalue weighted by Crippen LogP contribution is -2.44. The van der Waals surface area contributed by atoms with Crippen molar-refractivity contribution in [3.63, 3.8) is 0 Å². The molecule has 2 aromatic rings. The molecular weight excluding hydrogens is 450 g/mol. The van der Waals surface area contributed by atoms with Gasteiger partial charge in [0.05, 0.1) is 12.7 Å². The summed E-state index contributed by atoms with van der Waals surface area (Å²) in [5.74, 6) is 0.302. The van der Waals surface area contributed by atoms with Crippen molar-refractivity contribution in [3.05, 3.63) is 46.6 Å². The molecule has 2 heterocycles. The van der Waals surface area contributed by atoms with Crippen LogP contribution in [0.5, 0.6) is 0 Å². The topological polar surface area (TPSA) is 96.3 Å². The largest absolute Gasteiger partial charge is 0.325 e. The Kier molecular flexibility index (Phi) is 5.90. The molecule has 158 valence electrons. The Hall–Kier alpha value is -2.68. The molecule has 0 atom stereocenters. The average Bonchev–Trinajstić information content (AvgIpc) is 3.41. The van der Waals surface area contributed by atoms with Crippen molar-refractivity contribution < 1.29 is 14.4 Å². The smallest absolute Gasteiger partial charge is 0.323 e. The number of imide groups is 1.